The summed E-state index contributed by atoms with van der Waals surface area (Å²) in [6, 6.07) is -0.605. The van der Waals surface area contributed by atoms with E-state index in [0.717, 1.165) is 42.1 Å². The Morgan fingerprint density at radius 2 is 1.93 bits per heavy atom. The first-order chi connectivity index (χ1) is 6.66. The number of carbonyl (C=O) groups is 1. The van der Waals surface area contributed by atoms with E-state index in [9.17, 15) is 9.70 Å². The van der Waals surface area contributed by atoms with Crippen molar-refractivity contribution >= 4 is 6.03 Å². The maximum Gasteiger partial charge on any atom is 0.357 e. The van der Waals surface area contributed by atoms with Gasteiger partial charge in [0.05, 0.1) is 11.3 Å². The van der Waals surface area contributed by atoms with Gasteiger partial charge in [-0.25, -0.2) is 10.6 Å². The quantitative estimate of drug-likeness (QED) is 0.315. The molecule has 1 saturated carbocycles. The van der Waals surface area contributed by atoms with Crippen molar-refractivity contribution < 1.29 is 4.79 Å². The average Bonchev–Trinajstić information content (AvgIpc) is 2.20. The van der Waals surface area contributed by atoms with Crippen molar-refractivity contribution in [3.05, 3.63) is 4.91 Å². The molecule has 6 nitrogen and oxygen atoms in total. The molecule has 0 heterocycles. The fourth-order valence-corrected chi connectivity index (χ4v) is 1.74. The second kappa shape index (κ2) is 4.90. The summed E-state index contributed by atoms with van der Waals surface area (Å²) < 4.78 is 0. The SMILES string of the molecule is CN(N)C(=O)N(N=O)C1CCCCC1. The van der Waals surface area contributed by atoms with Crippen LogP contribution in [0.1, 0.15) is 32.1 Å². The van der Waals surface area contributed by atoms with Crippen molar-refractivity contribution in [2.45, 2.75) is 38.1 Å². The smallest absolute Gasteiger partial charge is 0.264 e. The molecule has 0 bridgehead atoms. The molecular formula is C8H16N4O2. The van der Waals surface area contributed by atoms with Crippen molar-refractivity contribution in [1.82, 2.24) is 10.0 Å². The van der Waals surface area contributed by atoms with E-state index in [1.165, 1.54) is 7.05 Å². The molecule has 1 fully saturated rings. The van der Waals surface area contributed by atoms with E-state index in [1.807, 2.05) is 0 Å². The van der Waals surface area contributed by atoms with Crippen molar-refractivity contribution in [1.29, 1.82) is 0 Å². The second-order valence-corrected chi connectivity index (χ2v) is 3.61. The fourth-order valence-electron chi connectivity index (χ4n) is 1.74. The number of hydrogen-bond acceptors (Lipinski definition) is 4. The van der Waals surface area contributed by atoms with Gasteiger partial charge >= 0.3 is 6.03 Å². The molecule has 1 rings (SSSR count). The van der Waals surface area contributed by atoms with Gasteiger partial charge in [-0.3, -0.25) is 5.01 Å². The van der Waals surface area contributed by atoms with E-state index in [1.54, 1.807) is 0 Å². The van der Waals surface area contributed by atoms with Crippen LogP contribution < -0.4 is 5.84 Å². The lowest BCUT2D eigenvalue weighted by atomic mass is 9.95. The van der Waals surface area contributed by atoms with Gasteiger partial charge in [0.15, 0.2) is 0 Å². The third kappa shape index (κ3) is 2.41. The summed E-state index contributed by atoms with van der Waals surface area (Å²) in [7, 11) is 1.41. The van der Waals surface area contributed by atoms with Crippen LogP contribution in [-0.4, -0.2) is 29.1 Å². The molecule has 0 aromatic rings. The molecule has 0 atom stereocenters. The Balaban J connectivity index is 2.59. The van der Waals surface area contributed by atoms with Gasteiger partial charge < -0.3 is 0 Å². The minimum Gasteiger partial charge on any atom is -0.264 e. The molecule has 6 heteroatoms. The number of hydrazine groups is 1. The summed E-state index contributed by atoms with van der Waals surface area (Å²) in [5.74, 6) is 5.26. The maximum atomic E-state index is 11.4. The van der Waals surface area contributed by atoms with Gasteiger partial charge in [0.2, 0.25) is 0 Å². The van der Waals surface area contributed by atoms with Gasteiger partial charge in [-0.05, 0) is 12.8 Å². The van der Waals surface area contributed by atoms with E-state index < -0.39 is 6.03 Å². The van der Waals surface area contributed by atoms with Gasteiger partial charge in [-0.1, -0.05) is 19.3 Å². The lowest BCUT2D eigenvalue weighted by Crippen LogP contribution is -2.47. The van der Waals surface area contributed by atoms with Crippen LogP contribution in [-0.2, 0) is 0 Å². The highest BCUT2D eigenvalue weighted by Crippen LogP contribution is 2.23. The molecule has 0 aliphatic heterocycles. The molecule has 0 aromatic heterocycles. The van der Waals surface area contributed by atoms with Crippen LogP contribution in [0.25, 0.3) is 0 Å². The largest absolute Gasteiger partial charge is 0.357 e. The first-order valence-corrected chi connectivity index (χ1v) is 4.81. The third-order valence-corrected chi connectivity index (χ3v) is 2.51. The first-order valence-electron chi connectivity index (χ1n) is 4.81. The van der Waals surface area contributed by atoms with Gasteiger partial charge in [0, 0.05) is 7.05 Å². The van der Waals surface area contributed by atoms with E-state index in [2.05, 4.69) is 5.29 Å². The standard InChI is InChI=1S/C8H16N4O2/c1-11(9)8(13)12(10-14)7-5-3-2-4-6-7/h7H,2-6,9H2,1H3. The molecule has 14 heavy (non-hydrogen) atoms. The lowest BCUT2D eigenvalue weighted by molar-refractivity contribution is 0.128. The van der Waals surface area contributed by atoms with E-state index in [0.29, 0.717) is 0 Å². The molecule has 80 valence electrons. The van der Waals surface area contributed by atoms with Crippen LogP contribution in [0.15, 0.2) is 5.29 Å². The topological polar surface area (TPSA) is 79.0 Å². The van der Waals surface area contributed by atoms with Crippen LogP contribution in [0.4, 0.5) is 4.79 Å². The summed E-state index contributed by atoms with van der Waals surface area (Å²) in [4.78, 5) is 21.9. The highest BCUT2D eigenvalue weighted by molar-refractivity contribution is 5.73. The van der Waals surface area contributed by atoms with E-state index in [4.69, 9.17) is 5.84 Å². The molecule has 0 aromatic carbocycles. The normalized spacial score (nSPS) is 17.6. The van der Waals surface area contributed by atoms with E-state index in [-0.39, 0.29) is 6.04 Å². The number of rotatable bonds is 2. The summed E-state index contributed by atoms with van der Waals surface area (Å²) in [6.07, 6.45) is 4.92. The third-order valence-electron chi connectivity index (χ3n) is 2.51. The van der Waals surface area contributed by atoms with Gasteiger partial charge in [0.25, 0.3) is 0 Å². The number of nitrogens with zero attached hydrogens (tertiary/aromatic N) is 3. The average molecular weight is 200 g/mol. The van der Waals surface area contributed by atoms with Crippen molar-refractivity contribution in [2.24, 2.45) is 11.1 Å². The van der Waals surface area contributed by atoms with Crippen molar-refractivity contribution in [2.75, 3.05) is 7.05 Å². The van der Waals surface area contributed by atoms with Crippen molar-refractivity contribution in [3.63, 3.8) is 0 Å². The van der Waals surface area contributed by atoms with Crippen LogP contribution in [0, 0.1) is 4.91 Å². The Morgan fingerprint density at radius 1 is 1.36 bits per heavy atom. The predicted octanol–water partition coefficient (Wildman–Crippen LogP) is 1.23. The molecule has 2 N–H and O–H groups in total. The number of amides is 2. The monoisotopic (exact) mass is 200 g/mol. The minimum atomic E-state index is -0.535. The van der Waals surface area contributed by atoms with Crippen LogP contribution in [0.5, 0.6) is 0 Å². The summed E-state index contributed by atoms with van der Waals surface area (Å²) in [5.41, 5.74) is 0. The highest BCUT2D eigenvalue weighted by Gasteiger charge is 2.27. The first kappa shape index (κ1) is 10.9. The minimum absolute atomic E-state index is 0.0697. The van der Waals surface area contributed by atoms with Crippen LogP contribution in [0.3, 0.4) is 0 Å². The predicted molar refractivity (Wildman–Crippen MR) is 51.9 cm³/mol. The number of nitrogens with two attached hydrogens (primary N) is 1. The molecule has 0 spiro atoms. The molecule has 0 unspecified atom stereocenters. The Hall–Kier alpha value is -1.17. The van der Waals surface area contributed by atoms with Gasteiger partial charge in [-0.15, -0.1) is 4.91 Å². The van der Waals surface area contributed by atoms with Gasteiger partial charge in [0.1, 0.15) is 0 Å². The molecule has 1 aliphatic carbocycles. The number of hydrogen-bond donors (Lipinski definition) is 1. The highest BCUT2D eigenvalue weighted by atomic mass is 16.3. The van der Waals surface area contributed by atoms with E-state index >= 15 is 0 Å². The molecule has 0 saturated heterocycles. The molecule has 0 radical (unpaired) electrons. The zero-order valence-corrected chi connectivity index (χ0v) is 8.35. The molecule has 2 amide bonds. The lowest BCUT2D eigenvalue weighted by Gasteiger charge is -2.29. The summed E-state index contributed by atoms with van der Waals surface area (Å²) in [6.45, 7) is 0. The number of nitroso groups, excluding NO2 is 1. The summed E-state index contributed by atoms with van der Waals surface area (Å²) >= 11 is 0. The Labute approximate surface area is 82.9 Å². The zero-order chi connectivity index (χ0) is 10.6. The number of carbonyl (C=O) groups excluding carboxylic acids is 1. The number of urea groups is 1. The zero-order valence-electron chi connectivity index (χ0n) is 8.35. The Kier molecular flexibility index (Phi) is 3.82. The Morgan fingerprint density at radius 3 is 2.36 bits per heavy atom. The van der Waals surface area contributed by atoms with Crippen molar-refractivity contribution in [3.8, 4) is 0 Å². The summed E-state index contributed by atoms with van der Waals surface area (Å²) in [5, 5.41) is 4.59. The fraction of sp³-hybridized carbons (Fsp3) is 0.875. The molecule has 1 aliphatic rings. The maximum absolute atomic E-state index is 11.4. The van der Waals surface area contributed by atoms with Crippen LogP contribution in [0.2, 0.25) is 0 Å². The van der Waals surface area contributed by atoms with Gasteiger partial charge in [-0.2, -0.15) is 5.01 Å². The van der Waals surface area contributed by atoms with Crippen LogP contribution >= 0.6 is 0 Å². The second-order valence-electron chi connectivity index (χ2n) is 3.61. The Bertz CT molecular complexity index is 213. The molecular weight excluding hydrogens is 184 g/mol.